The number of nitriles is 1. The molecular weight excluding hydrogens is 262 g/mol. The number of nitrogens with two attached hydrogens (primary N) is 1. The minimum Gasteiger partial charge on any atom is -0.457 e. The topological polar surface area (TPSA) is 59.0 Å². The molecule has 2 aromatic rings. The van der Waals surface area contributed by atoms with Crippen LogP contribution in [0.2, 0.25) is 0 Å². The third kappa shape index (κ3) is 2.76. The van der Waals surface area contributed by atoms with Crippen molar-refractivity contribution >= 4 is 0 Å². The van der Waals surface area contributed by atoms with Crippen LogP contribution in [0.5, 0.6) is 11.5 Å². The fourth-order valence-electron chi connectivity index (χ4n) is 1.83. The number of nitrogens with zero attached hydrogens (tertiary/aromatic N) is 1. The molecule has 2 rings (SSSR count). The van der Waals surface area contributed by atoms with Crippen LogP contribution in [0.4, 0.5) is 8.78 Å². The Morgan fingerprint density at radius 1 is 1.20 bits per heavy atom. The molecule has 0 saturated carbocycles. The molecule has 0 aromatic heterocycles. The molecule has 0 aliphatic rings. The van der Waals surface area contributed by atoms with E-state index >= 15 is 0 Å². The van der Waals surface area contributed by atoms with Gasteiger partial charge in [0.1, 0.15) is 29.2 Å². The molecule has 0 bridgehead atoms. The Balaban J connectivity index is 2.38. The Bertz CT molecular complexity index is 678. The standard InChI is InChI=1S/C15H12F2N2O/c1-9(19)15-12(16)3-2-4-14(15)20-11-6-5-10(8-18)13(17)7-11/h2-7,9H,19H2,1H3/t9-/m0/s1. The SMILES string of the molecule is C[C@H](N)c1c(F)cccc1Oc1ccc(C#N)c(F)c1. The first kappa shape index (κ1) is 14.0. The fourth-order valence-corrected chi connectivity index (χ4v) is 1.83. The van der Waals surface area contributed by atoms with Crippen molar-refractivity contribution in [3.05, 3.63) is 59.2 Å². The van der Waals surface area contributed by atoms with E-state index in [4.69, 9.17) is 15.7 Å². The number of hydrogen-bond acceptors (Lipinski definition) is 3. The molecule has 2 aromatic carbocycles. The molecular formula is C15H12F2N2O. The van der Waals surface area contributed by atoms with E-state index in [9.17, 15) is 8.78 Å². The summed E-state index contributed by atoms with van der Waals surface area (Å²) in [5.41, 5.74) is 5.85. The van der Waals surface area contributed by atoms with Gasteiger partial charge in [0.25, 0.3) is 0 Å². The molecule has 0 saturated heterocycles. The van der Waals surface area contributed by atoms with E-state index in [2.05, 4.69) is 0 Å². The van der Waals surface area contributed by atoms with Crippen LogP contribution >= 0.6 is 0 Å². The first-order valence-corrected chi connectivity index (χ1v) is 5.94. The van der Waals surface area contributed by atoms with Crippen LogP contribution in [-0.2, 0) is 0 Å². The summed E-state index contributed by atoms with van der Waals surface area (Å²) in [6, 6.07) is 9.29. The summed E-state index contributed by atoms with van der Waals surface area (Å²) in [5, 5.41) is 8.66. The number of benzene rings is 2. The van der Waals surface area contributed by atoms with Gasteiger partial charge in [0.05, 0.1) is 5.56 Å². The Morgan fingerprint density at radius 3 is 2.55 bits per heavy atom. The molecule has 2 N–H and O–H groups in total. The summed E-state index contributed by atoms with van der Waals surface area (Å²) in [5.74, 6) is -0.770. The lowest BCUT2D eigenvalue weighted by Gasteiger charge is -2.14. The highest BCUT2D eigenvalue weighted by Gasteiger charge is 2.14. The maximum Gasteiger partial charge on any atom is 0.144 e. The summed E-state index contributed by atoms with van der Waals surface area (Å²) < 4.78 is 32.7. The first-order valence-electron chi connectivity index (χ1n) is 5.94. The Morgan fingerprint density at radius 2 is 1.95 bits per heavy atom. The summed E-state index contributed by atoms with van der Waals surface area (Å²) >= 11 is 0. The number of halogens is 2. The van der Waals surface area contributed by atoms with Gasteiger partial charge >= 0.3 is 0 Å². The minimum atomic E-state index is -0.691. The average Bonchev–Trinajstić information content (AvgIpc) is 2.38. The smallest absolute Gasteiger partial charge is 0.144 e. The molecule has 0 aliphatic carbocycles. The van der Waals surface area contributed by atoms with Crippen LogP contribution in [0, 0.1) is 23.0 Å². The van der Waals surface area contributed by atoms with Gasteiger partial charge < -0.3 is 10.5 Å². The number of rotatable bonds is 3. The highest BCUT2D eigenvalue weighted by Crippen LogP contribution is 2.31. The molecule has 0 spiro atoms. The highest BCUT2D eigenvalue weighted by atomic mass is 19.1. The lowest BCUT2D eigenvalue weighted by atomic mass is 10.1. The van der Waals surface area contributed by atoms with Gasteiger partial charge in [-0.3, -0.25) is 0 Å². The Hall–Kier alpha value is -2.45. The lowest BCUT2D eigenvalue weighted by Crippen LogP contribution is -2.09. The minimum absolute atomic E-state index is 0.0796. The van der Waals surface area contributed by atoms with E-state index in [0.29, 0.717) is 0 Å². The van der Waals surface area contributed by atoms with Crippen molar-refractivity contribution in [1.29, 1.82) is 5.26 Å². The molecule has 0 radical (unpaired) electrons. The molecule has 3 nitrogen and oxygen atoms in total. The number of hydrogen-bond donors (Lipinski definition) is 1. The molecule has 5 heteroatoms. The monoisotopic (exact) mass is 274 g/mol. The van der Waals surface area contributed by atoms with E-state index in [-0.39, 0.29) is 22.6 Å². The summed E-state index contributed by atoms with van der Waals surface area (Å²) in [6.07, 6.45) is 0. The van der Waals surface area contributed by atoms with Gasteiger partial charge in [-0.15, -0.1) is 0 Å². The zero-order valence-corrected chi connectivity index (χ0v) is 10.7. The number of ether oxygens (including phenoxy) is 1. The van der Waals surface area contributed by atoms with Gasteiger partial charge in [0.2, 0.25) is 0 Å². The molecule has 0 unspecified atom stereocenters. The van der Waals surface area contributed by atoms with Gasteiger partial charge in [-0.2, -0.15) is 5.26 Å². The summed E-state index contributed by atoms with van der Waals surface area (Å²) in [7, 11) is 0. The van der Waals surface area contributed by atoms with Crippen molar-refractivity contribution in [3.8, 4) is 17.6 Å². The van der Waals surface area contributed by atoms with E-state index in [1.807, 2.05) is 0 Å². The van der Waals surface area contributed by atoms with Crippen molar-refractivity contribution in [3.63, 3.8) is 0 Å². The van der Waals surface area contributed by atoms with E-state index in [1.165, 1.54) is 24.3 Å². The van der Waals surface area contributed by atoms with Gasteiger partial charge in [0, 0.05) is 17.7 Å². The molecule has 0 aliphatic heterocycles. The molecule has 20 heavy (non-hydrogen) atoms. The maximum atomic E-state index is 13.7. The molecule has 0 amide bonds. The third-order valence-electron chi connectivity index (χ3n) is 2.76. The van der Waals surface area contributed by atoms with E-state index in [0.717, 1.165) is 6.07 Å². The molecule has 0 fully saturated rings. The lowest BCUT2D eigenvalue weighted by molar-refractivity contribution is 0.456. The van der Waals surface area contributed by atoms with Crippen molar-refractivity contribution in [1.82, 2.24) is 0 Å². The second-order valence-electron chi connectivity index (χ2n) is 4.30. The van der Waals surface area contributed by atoms with Crippen LogP contribution in [-0.4, -0.2) is 0 Å². The Kier molecular flexibility index (Phi) is 3.97. The van der Waals surface area contributed by atoms with E-state index < -0.39 is 17.7 Å². The van der Waals surface area contributed by atoms with Crippen LogP contribution in [0.3, 0.4) is 0 Å². The summed E-state index contributed by atoms with van der Waals surface area (Å²) in [6.45, 7) is 1.63. The van der Waals surface area contributed by atoms with Crippen molar-refractivity contribution in [2.45, 2.75) is 13.0 Å². The molecule has 0 heterocycles. The predicted octanol–water partition coefficient (Wildman–Crippen LogP) is 3.65. The van der Waals surface area contributed by atoms with E-state index in [1.54, 1.807) is 19.1 Å². The van der Waals surface area contributed by atoms with Crippen LogP contribution in [0.15, 0.2) is 36.4 Å². The maximum absolute atomic E-state index is 13.7. The zero-order chi connectivity index (χ0) is 14.7. The second-order valence-corrected chi connectivity index (χ2v) is 4.30. The largest absolute Gasteiger partial charge is 0.457 e. The quantitative estimate of drug-likeness (QED) is 0.929. The van der Waals surface area contributed by atoms with Crippen LogP contribution < -0.4 is 10.5 Å². The van der Waals surface area contributed by atoms with Gasteiger partial charge in [-0.05, 0) is 31.2 Å². The first-order chi connectivity index (χ1) is 9.52. The molecule has 102 valence electrons. The highest BCUT2D eigenvalue weighted by molar-refractivity contribution is 5.42. The van der Waals surface area contributed by atoms with Crippen LogP contribution in [0.1, 0.15) is 24.1 Å². The average molecular weight is 274 g/mol. The molecule has 1 atom stereocenters. The van der Waals surface area contributed by atoms with Gasteiger partial charge in [-0.25, -0.2) is 8.78 Å². The second kappa shape index (κ2) is 5.68. The van der Waals surface area contributed by atoms with Crippen LogP contribution in [0.25, 0.3) is 0 Å². The zero-order valence-electron chi connectivity index (χ0n) is 10.7. The van der Waals surface area contributed by atoms with Crippen molar-refractivity contribution in [2.75, 3.05) is 0 Å². The van der Waals surface area contributed by atoms with Gasteiger partial charge in [-0.1, -0.05) is 6.07 Å². The van der Waals surface area contributed by atoms with Gasteiger partial charge in [0.15, 0.2) is 0 Å². The predicted molar refractivity (Wildman–Crippen MR) is 70.2 cm³/mol. The Labute approximate surface area is 115 Å². The fraction of sp³-hybridized carbons (Fsp3) is 0.133. The summed E-state index contributed by atoms with van der Waals surface area (Å²) in [4.78, 5) is 0. The third-order valence-corrected chi connectivity index (χ3v) is 2.76. The normalized spacial score (nSPS) is 11.8. The van der Waals surface area contributed by atoms with Crippen molar-refractivity contribution < 1.29 is 13.5 Å². The van der Waals surface area contributed by atoms with Crippen molar-refractivity contribution in [2.24, 2.45) is 5.73 Å².